The third kappa shape index (κ3) is 4.55. The van der Waals surface area contributed by atoms with Crippen LogP contribution >= 0.6 is 11.6 Å². The number of benzene rings is 3. The molecule has 0 aliphatic heterocycles. The lowest BCUT2D eigenvalue weighted by atomic mass is 9.59. The molecular formula is C28H30ClNO. The molecule has 2 N–H and O–H groups in total. The lowest BCUT2D eigenvalue weighted by Crippen LogP contribution is -2.49. The van der Waals surface area contributed by atoms with Gasteiger partial charge in [0.1, 0.15) is 5.41 Å². The number of rotatable bonds is 7. The molecular weight excluding hydrogens is 402 g/mol. The zero-order valence-electron chi connectivity index (χ0n) is 17.8. The van der Waals surface area contributed by atoms with Gasteiger partial charge in [0.25, 0.3) is 0 Å². The second-order valence-electron chi connectivity index (χ2n) is 8.80. The molecule has 0 heterocycles. The Morgan fingerprint density at radius 1 is 0.871 bits per heavy atom. The molecule has 31 heavy (non-hydrogen) atoms. The molecule has 3 aromatic carbocycles. The minimum Gasteiger partial charge on any atom is -0.369 e. The van der Waals surface area contributed by atoms with Crippen LogP contribution in [0.15, 0.2) is 84.9 Å². The number of nitrogens with two attached hydrogens (primary N) is 1. The summed E-state index contributed by atoms with van der Waals surface area (Å²) in [6.07, 6.45) is 6.53. The maximum absolute atomic E-state index is 13.2. The van der Waals surface area contributed by atoms with Crippen LogP contribution in [0.1, 0.15) is 48.8 Å². The Balaban J connectivity index is 1.63. The number of carbonyl (C=O) groups excluding carboxylic acids is 1. The predicted molar refractivity (Wildman–Crippen MR) is 128 cm³/mol. The number of carbonyl (C=O) groups is 1. The topological polar surface area (TPSA) is 43.1 Å². The third-order valence-electron chi connectivity index (χ3n) is 7.00. The second kappa shape index (κ2) is 9.70. The Hall–Kier alpha value is -2.58. The molecule has 1 aliphatic rings. The molecule has 0 radical (unpaired) electrons. The maximum atomic E-state index is 13.2. The highest BCUT2D eigenvalue weighted by molar-refractivity contribution is 6.30. The smallest absolute Gasteiger partial charge is 0.232 e. The fraction of sp³-hybridized carbons (Fsp3) is 0.321. The van der Waals surface area contributed by atoms with Crippen LogP contribution in [0.2, 0.25) is 5.02 Å². The number of primary amides is 1. The monoisotopic (exact) mass is 431 g/mol. The zero-order chi connectivity index (χ0) is 21.7. The summed E-state index contributed by atoms with van der Waals surface area (Å²) >= 11 is 6.03. The normalized spacial score (nSPS) is 19.1. The van der Waals surface area contributed by atoms with E-state index >= 15 is 0 Å². The van der Waals surface area contributed by atoms with Gasteiger partial charge in [-0.05, 0) is 66.3 Å². The molecule has 1 saturated carbocycles. The Morgan fingerprint density at radius 2 is 1.45 bits per heavy atom. The van der Waals surface area contributed by atoms with E-state index in [-0.39, 0.29) is 11.8 Å². The first-order chi connectivity index (χ1) is 15.1. The van der Waals surface area contributed by atoms with Crippen molar-refractivity contribution in [3.05, 3.63) is 107 Å². The summed E-state index contributed by atoms with van der Waals surface area (Å²) in [6, 6.07) is 28.4. The maximum Gasteiger partial charge on any atom is 0.232 e. The van der Waals surface area contributed by atoms with Crippen LogP contribution in [-0.2, 0) is 16.6 Å². The van der Waals surface area contributed by atoms with Gasteiger partial charge in [-0.25, -0.2) is 0 Å². The summed E-state index contributed by atoms with van der Waals surface area (Å²) in [5.41, 5.74) is 8.79. The van der Waals surface area contributed by atoms with Crippen LogP contribution in [0.3, 0.4) is 0 Å². The first kappa shape index (κ1) is 21.6. The average molecular weight is 432 g/mol. The molecule has 4 rings (SSSR count). The first-order valence-corrected chi connectivity index (χ1v) is 11.6. The van der Waals surface area contributed by atoms with Gasteiger partial charge >= 0.3 is 0 Å². The van der Waals surface area contributed by atoms with Crippen LogP contribution in [0, 0.1) is 11.8 Å². The lowest BCUT2D eigenvalue weighted by molar-refractivity contribution is -0.124. The quantitative estimate of drug-likeness (QED) is 0.452. The van der Waals surface area contributed by atoms with Crippen LogP contribution in [0.25, 0.3) is 0 Å². The molecule has 0 spiro atoms. The number of hydrogen-bond acceptors (Lipinski definition) is 1. The summed E-state index contributed by atoms with van der Waals surface area (Å²) in [5.74, 6) is 0.535. The molecule has 2 nitrogen and oxygen atoms in total. The van der Waals surface area contributed by atoms with Gasteiger partial charge in [-0.3, -0.25) is 4.79 Å². The summed E-state index contributed by atoms with van der Waals surface area (Å²) in [5, 5.41) is 0.776. The van der Waals surface area contributed by atoms with Gasteiger partial charge in [0, 0.05) is 5.02 Å². The van der Waals surface area contributed by atoms with Gasteiger partial charge in [-0.2, -0.15) is 0 Å². The number of hydrogen-bond donors (Lipinski definition) is 1. The van der Waals surface area contributed by atoms with E-state index in [4.69, 9.17) is 17.3 Å². The molecule has 3 aromatic rings. The van der Waals surface area contributed by atoms with Crippen molar-refractivity contribution in [2.45, 2.75) is 43.9 Å². The SMILES string of the molecule is NC(=O)C(c1ccccc1)(c1ccccc1)[C@H]1CCCC(CCc2ccc(Cl)cc2)C1. The largest absolute Gasteiger partial charge is 0.369 e. The second-order valence-corrected chi connectivity index (χ2v) is 9.24. The number of halogens is 1. The standard InChI is InChI=1S/C28H30ClNO/c29-26-18-16-21(17-19-26)14-15-22-8-7-13-25(20-22)28(27(30)31,23-9-3-1-4-10-23)24-11-5-2-6-12-24/h1-6,9-12,16-19,22,25H,7-8,13-15,20H2,(H2,30,31)/t22?,25-/m0/s1. The summed E-state index contributed by atoms with van der Waals surface area (Å²) < 4.78 is 0. The van der Waals surface area contributed by atoms with Crippen molar-refractivity contribution >= 4 is 17.5 Å². The van der Waals surface area contributed by atoms with E-state index in [0.717, 1.165) is 48.3 Å². The van der Waals surface area contributed by atoms with Crippen molar-refractivity contribution in [3.63, 3.8) is 0 Å². The van der Waals surface area contributed by atoms with Crippen LogP contribution in [0.4, 0.5) is 0 Å². The molecule has 1 fully saturated rings. The van der Waals surface area contributed by atoms with E-state index in [2.05, 4.69) is 36.4 Å². The molecule has 0 saturated heterocycles. The molecule has 3 heteroatoms. The number of amides is 1. The lowest BCUT2D eigenvalue weighted by Gasteiger charge is -2.43. The average Bonchev–Trinajstić information content (AvgIpc) is 2.81. The van der Waals surface area contributed by atoms with Crippen molar-refractivity contribution in [1.82, 2.24) is 0 Å². The molecule has 2 atom stereocenters. The molecule has 0 bridgehead atoms. The molecule has 0 aromatic heterocycles. The summed E-state index contributed by atoms with van der Waals surface area (Å²) in [6.45, 7) is 0. The van der Waals surface area contributed by atoms with Crippen molar-refractivity contribution in [2.75, 3.05) is 0 Å². The Morgan fingerprint density at radius 3 is 2.00 bits per heavy atom. The molecule has 1 aliphatic carbocycles. The zero-order valence-corrected chi connectivity index (χ0v) is 18.6. The Kier molecular flexibility index (Phi) is 6.77. The fourth-order valence-electron chi connectivity index (χ4n) is 5.49. The van der Waals surface area contributed by atoms with Crippen molar-refractivity contribution in [2.24, 2.45) is 17.6 Å². The Labute approximate surface area is 190 Å². The molecule has 1 amide bonds. The van der Waals surface area contributed by atoms with E-state index in [0.29, 0.717) is 5.92 Å². The van der Waals surface area contributed by atoms with E-state index in [1.54, 1.807) is 0 Å². The highest BCUT2D eigenvalue weighted by Crippen LogP contribution is 2.48. The minimum absolute atomic E-state index is 0.193. The van der Waals surface area contributed by atoms with E-state index in [9.17, 15) is 4.79 Å². The van der Waals surface area contributed by atoms with Crippen LogP contribution in [-0.4, -0.2) is 5.91 Å². The van der Waals surface area contributed by atoms with E-state index in [1.165, 1.54) is 12.0 Å². The highest BCUT2D eigenvalue weighted by atomic mass is 35.5. The fourth-order valence-corrected chi connectivity index (χ4v) is 5.62. The van der Waals surface area contributed by atoms with Crippen molar-refractivity contribution in [1.29, 1.82) is 0 Å². The van der Waals surface area contributed by atoms with Gasteiger partial charge in [0.15, 0.2) is 0 Å². The van der Waals surface area contributed by atoms with Gasteiger partial charge in [-0.1, -0.05) is 97.2 Å². The van der Waals surface area contributed by atoms with Gasteiger partial charge in [-0.15, -0.1) is 0 Å². The van der Waals surface area contributed by atoms with Crippen molar-refractivity contribution < 1.29 is 4.79 Å². The summed E-state index contributed by atoms with van der Waals surface area (Å²) in [7, 11) is 0. The molecule has 1 unspecified atom stereocenters. The van der Waals surface area contributed by atoms with Gasteiger partial charge in [0.05, 0.1) is 0 Å². The minimum atomic E-state index is -0.790. The van der Waals surface area contributed by atoms with Gasteiger partial charge in [0.2, 0.25) is 5.91 Å². The Bertz CT molecular complexity index is 945. The predicted octanol–water partition coefficient (Wildman–Crippen LogP) is 6.55. The first-order valence-electron chi connectivity index (χ1n) is 11.3. The van der Waals surface area contributed by atoms with Gasteiger partial charge < -0.3 is 5.73 Å². The summed E-state index contributed by atoms with van der Waals surface area (Å²) in [4.78, 5) is 13.2. The van der Waals surface area contributed by atoms with Crippen LogP contribution in [0.5, 0.6) is 0 Å². The third-order valence-corrected chi connectivity index (χ3v) is 7.25. The van der Waals surface area contributed by atoms with Crippen molar-refractivity contribution in [3.8, 4) is 0 Å². The number of aryl methyl sites for hydroxylation is 1. The van der Waals surface area contributed by atoms with E-state index < -0.39 is 5.41 Å². The molecule has 160 valence electrons. The van der Waals surface area contributed by atoms with E-state index in [1.807, 2.05) is 48.5 Å². The highest BCUT2D eigenvalue weighted by Gasteiger charge is 2.48. The van der Waals surface area contributed by atoms with Crippen LogP contribution < -0.4 is 5.73 Å².